The largest absolute Gasteiger partial charge is 0.468 e. The van der Waals surface area contributed by atoms with Gasteiger partial charge in [-0.05, 0) is 63.2 Å². The monoisotopic (exact) mass is 370 g/mol. The molecule has 6 heteroatoms. The molecule has 1 fully saturated rings. The molecule has 3 heterocycles. The van der Waals surface area contributed by atoms with Crippen LogP contribution in [0.3, 0.4) is 0 Å². The quantitative estimate of drug-likeness (QED) is 0.722. The van der Waals surface area contributed by atoms with Crippen LogP contribution in [-0.4, -0.2) is 30.4 Å². The average Bonchev–Trinajstić information content (AvgIpc) is 3.32. The van der Waals surface area contributed by atoms with E-state index in [-0.39, 0.29) is 23.5 Å². The minimum atomic E-state index is -0.346. The maximum atomic E-state index is 13.5. The summed E-state index contributed by atoms with van der Waals surface area (Å²) in [5.41, 5.74) is 1.16. The van der Waals surface area contributed by atoms with Gasteiger partial charge in [-0.1, -0.05) is 6.42 Å². The zero-order valence-electron chi connectivity index (χ0n) is 15.3. The van der Waals surface area contributed by atoms with Gasteiger partial charge in [0.15, 0.2) is 5.76 Å². The van der Waals surface area contributed by atoms with E-state index >= 15 is 0 Å². The van der Waals surface area contributed by atoms with E-state index in [1.807, 2.05) is 12.1 Å². The molecule has 5 nitrogen and oxygen atoms in total. The van der Waals surface area contributed by atoms with E-state index < -0.39 is 0 Å². The zero-order chi connectivity index (χ0) is 18.8. The smallest absolute Gasteiger partial charge is 0.287 e. The maximum absolute atomic E-state index is 13.5. The minimum absolute atomic E-state index is 0.00798. The fourth-order valence-electron chi connectivity index (χ4n) is 3.80. The number of fused-ring (bicyclic) bond motifs is 1. The van der Waals surface area contributed by atoms with Gasteiger partial charge in [0.1, 0.15) is 17.2 Å². The van der Waals surface area contributed by atoms with Crippen molar-refractivity contribution in [3.05, 3.63) is 59.5 Å². The first-order valence-corrected chi connectivity index (χ1v) is 9.38. The molecule has 27 heavy (non-hydrogen) atoms. The van der Waals surface area contributed by atoms with E-state index in [4.69, 9.17) is 8.83 Å². The summed E-state index contributed by atoms with van der Waals surface area (Å²) >= 11 is 0. The molecule has 1 saturated heterocycles. The van der Waals surface area contributed by atoms with Crippen LogP contribution in [0.15, 0.2) is 45.4 Å². The van der Waals surface area contributed by atoms with Gasteiger partial charge < -0.3 is 14.2 Å². The third-order valence-electron chi connectivity index (χ3n) is 5.26. The number of benzene rings is 1. The Hall–Kier alpha value is -2.60. The number of likely N-dealkylation sites (tertiary alicyclic amines) is 1. The summed E-state index contributed by atoms with van der Waals surface area (Å²) in [6.45, 7) is 4.18. The highest BCUT2D eigenvalue weighted by Gasteiger charge is 2.26. The number of carbonyl (C=O) groups excluding carboxylic acids is 1. The van der Waals surface area contributed by atoms with E-state index in [2.05, 4.69) is 10.2 Å². The third-order valence-corrected chi connectivity index (χ3v) is 5.26. The van der Waals surface area contributed by atoms with Gasteiger partial charge in [0.25, 0.3) is 5.91 Å². The van der Waals surface area contributed by atoms with E-state index in [9.17, 15) is 9.18 Å². The molecule has 1 N–H and O–H groups in total. The molecule has 1 atom stereocenters. The number of furan rings is 2. The highest BCUT2D eigenvalue weighted by Crippen LogP contribution is 2.27. The molecular weight excluding hydrogens is 347 g/mol. The minimum Gasteiger partial charge on any atom is -0.468 e. The second-order valence-corrected chi connectivity index (χ2v) is 7.03. The van der Waals surface area contributed by atoms with Crippen LogP contribution in [0.5, 0.6) is 0 Å². The second-order valence-electron chi connectivity index (χ2n) is 7.03. The SMILES string of the molecule is Cc1c(C(=O)NC[C@@H](c2ccco2)N2CCCCC2)oc2ccc(F)cc12. The highest BCUT2D eigenvalue weighted by molar-refractivity contribution is 5.98. The summed E-state index contributed by atoms with van der Waals surface area (Å²) in [6, 6.07) is 8.08. The van der Waals surface area contributed by atoms with Crippen molar-refractivity contribution in [2.24, 2.45) is 0 Å². The molecule has 0 aliphatic carbocycles. The normalized spacial score (nSPS) is 16.5. The molecule has 1 aliphatic heterocycles. The first-order valence-electron chi connectivity index (χ1n) is 9.38. The lowest BCUT2D eigenvalue weighted by Gasteiger charge is -2.33. The number of nitrogens with zero attached hydrogens (tertiary/aromatic N) is 1. The number of aryl methyl sites for hydroxylation is 1. The molecule has 1 aromatic carbocycles. The number of piperidine rings is 1. The Labute approximate surface area is 157 Å². The van der Waals surface area contributed by atoms with Crippen molar-refractivity contribution in [2.75, 3.05) is 19.6 Å². The fraction of sp³-hybridized carbons (Fsp3) is 0.381. The van der Waals surface area contributed by atoms with Crippen molar-refractivity contribution >= 4 is 16.9 Å². The number of carbonyl (C=O) groups is 1. The number of rotatable bonds is 5. The first kappa shape index (κ1) is 17.8. The van der Waals surface area contributed by atoms with Gasteiger partial charge in [0, 0.05) is 17.5 Å². The van der Waals surface area contributed by atoms with Gasteiger partial charge in [-0.3, -0.25) is 9.69 Å². The first-order chi connectivity index (χ1) is 13.1. The molecule has 1 aliphatic rings. The van der Waals surface area contributed by atoms with E-state index in [1.54, 1.807) is 19.3 Å². The molecule has 3 aromatic rings. The Balaban J connectivity index is 1.52. The number of hydrogen-bond acceptors (Lipinski definition) is 4. The molecule has 0 bridgehead atoms. The Morgan fingerprint density at radius 1 is 1.26 bits per heavy atom. The van der Waals surface area contributed by atoms with Crippen molar-refractivity contribution in [1.29, 1.82) is 0 Å². The van der Waals surface area contributed by atoms with Crippen LogP contribution in [0.4, 0.5) is 4.39 Å². The summed E-state index contributed by atoms with van der Waals surface area (Å²) in [4.78, 5) is 15.1. The van der Waals surface area contributed by atoms with Gasteiger partial charge in [0.2, 0.25) is 0 Å². The molecular formula is C21H23FN2O3. The van der Waals surface area contributed by atoms with Gasteiger partial charge >= 0.3 is 0 Å². The topological polar surface area (TPSA) is 58.6 Å². The third kappa shape index (κ3) is 3.62. The van der Waals surface area contributed by atoms with Crippen LogP contribution in [0.25, 0.3) is 11.0 Å². The zero-order valence-corrected chi connectivity index (χ0v) is 15.3. The second kappa shape index (κ2) is 7.56. The van der Waals surface area contributed by atoms with Crippen LogP contribution in [0.2, 0.25) is 0 Å². The van der Waals surface area contributed by atoms with Crippen LogP contribution in [0.1, 0.15) is 47.2 Å². The fourth-order valence-corrected chi connectivity index (χ4v) is 3.80. The summed E-state index contributed by atoms with van der Waals surface area (Å²) in [7, 11) is 0. The lowest BCUT2D eigenvalue weighted by Crippen LogP contribution is -2.40. The van der Waals surface area contributed by atoms with E-state index in [0.29, 0.717) is 23.1 Å². The predicted molar refractivity (Wildman–Crippen MR) is 100 cm³/mol. The van der Waals surface area contributed by atoms with Crippen molar-refractivity contribution in [3.63, 3.8) is 0 Å². The van der Waals surface area contributed by atoms with Crippen molar-refractivity contribution in [2.45, 2.75) is 32.2 Å². The lowest BCUT2D eigenvalue weighted by atomic mass is 10.1. The molecule has 0 spiro atoms. The molecule has 0 saturated carbocycles. The number of hydrogen-bond donors (Lipinski definition) is 1. The number of amides is 1. The van der Waals surface area contributed by atoms with Crippen LogP contribution in [-0.2, 0) is 0 Å². The average molecular weight is 370 g/mol. The molecule has 0 unspecified atom stereocenters. The van der Waals surface area contributed by atoms with E-state index in [0.717, 1.165) is 31.7 Å². The van der Waals surface area contributed by atoms with Gasteiger partial charge in [0.05, 0.1) is 12.3 Å². The summed E-state index contributed by atoms with van der Waals surface area (Å²) < 4.78 is 24.8. The van der Waals surface area contributed by atoms with Crippen molar-refractivity contribution in [1.82, 2.24) is 10.2 Å². The molecule has 0 radical (unpaired) electrons. The van der Waals surface area contributed by atoms with Gasteiger partial charge in [-0.25, -0.2) is 4.39 Å². The Morgan fingerprint density at radius 3 is 2.81 bits per heavy atom. The lowest BCUT2D eigenvalue weighted by molar-refractivity contribution is 0.0888. The Morgan fingerprint density at radius 2 is 2.07 bits per heavy atom. The standard InChI is InChI=1S/C21H23FN2O3/c1-14-16-12-15(22)7-8-18(16)27-20(14)21(25)23-13-17(19-6-5-11-26-19)24-9-3-2-4-10-24/h5-8,11-12,17H,2-4,9-10,13H2,1H3,(H,23,25)/t17-/m0/s1. The van der Waals surface area contributed by atoms with E-state index in [1.165, 1.54) is 18.6 Å². The van der Waals surface area contributed by atoms with Crippen LogP contribution in [0, 0.1) is 12.7 Å². The van der Waals surface area contributed by atoms with Crippen LogP contribution < -0.4 is 5.32 Å². The summed E-state index contributed by atoms with van der Waals surface area (Å²) in [6.07, 6.45) is 5.20. The predicted octanol–water partition coefficient (Wildman–Crippen LogP) is 4.43. The van der Waals surface area contributed by atoms with Gasteiger partial charge in [-0.15, -0.1) is 0 Å². The Kier molecular flexibility index (Phi) is 4.99. The number of nitrogens with one attached hydrogen (secondary N) is 1. The number of halogens is 1. The highest BCUT2D eigenvalue weighted by atomic mass is 19.1. The summed E-state index contributed by atoms with van der Waals surface area (Å²) in [5, 5.41) is 3.60. The molecule has 4 rings (SSSR count). The van der Waals surface area contributed by atoms with Crippen molar-refractivity contribution in [3.8, 4) is 0 Å². The van der Waals surface area contributed by atoms with Gasteiger partial charge in [-0.2, -0.15) is 0 Å². The Bertz CT molecular complexity index is 926. The summed E-state index contributed by atoms with van der Waals surface area (Å²) in [5.74, 6) is 0.437. The molecule has 142 valence electrons. The van der Waals surface area contributed by atoms with Crippen LogP contribution >= 0.6 is 0 Å². The molecule has 2 aromatic heterocycles. The van der Waals surface area contributed by atoms with Crippen molar-refractivity contribution < 1.29 is 18.0 Å². The maximum Gasteiger partial charge on any atom is 0.287 e. The molecule has 1 amide bonds.